The van der Waals surface area contributed by atoms with Gasteiger partial charge in [0, 0.05) is 0 Å². The normalized spacial score (nSPS) is 10.8. The minimum absolute atomic E-state index is 0.0337. The van der Waals surface area contributed by atoms with Gasteiger partial charge in [-0.15, -0.1) is 0 Å². The summed E-state index contributed by atoms with van der Waals surface area (Å²) in [5.41, 5.74) is 2.51. The van der Waals surface area contributed by atoms with E-state index in [0.29, 0.717) is 12.8 Å². The maximum absolute atomic E-state index is 10.7. The number of rotatable bonds is 7. The second kappa shape index (κ2) is 8.86. The van der Waals surface area contributed by atoms with E-state index in [0.717, 1.165) is 23.1 Å². The summed E-state index contributed by atoms with van der Waals surface area (Å²) in [6.07, 6.45) is 2.20. The van der Waals surface area contributed by atoms with Gasteiger partial charge in [-0.05, 0) is 72.9 Å². The molecule has 0 aliphatic rings. The molecule has 158 valence electrons. The Kier molecular flexibility index (Phi) is 6.26. The van der Waals surface area contributed by atoms with E-state index in [-0.39, 0.29) is 40.2 Å². The molecule has 30 heavy (non-hydrogen) atoms. The molecule has 3 aromatic rings. The van der Waals surface area contributed by atoms with E-state index in [1.165, 1.54) is 12.1 Å². The maximum Gasteiger partial charge on any atom is 0.202 e. The number of hydrogen-bond acceptors (Lipinski definition) is 6. The van der Waals surface area contributed by atoms with Crippen LogP contribution in [0.5, 0.6) is 46.0 Å². The van der Waals surface area contributed by atoms with Crippen LogP contribution in [0.15, 0.2) is 42.5 Å². The van der Waals surface area contributed by atoms with Gasteiger partial charge < -0.3 is 29.9 Å². The third kappa shape index (κ3) is 4.54. The molecule has 3 aromatic carbocycles. The van der Waals surface area contributed by atoms with Crippen LogP contribution < -0.4 is 9.47 Å². The molecule has 4 N–H and O–H groups in total. The van der Waals surface area contributed by atoms with Gasteiger partial charge in [-0.25, -0.2) is 0 Å². The lowest BCUT2D eigenvalue weighted by Gasteiger charge is -2.16. The molecule has 6 heteroatoms. The van der Waals surface area contributed by atoms with Gasteiger partial charge in [0.25, 0.3) is 0 Å². The molecular formula is C24H26O6. The fourth-order valence-electron chi connectivity index (χ4n) is 3.10. The molecule has 6 nitrogen and oxygen atoms in total. The first-order chi connectivity index (χ1) is 14.3. The highest BCUT2D eigenvalue weighted by atomic mass is 16.5. The molecular weight excluding hydrogens is 384 g/mol. The minimum Gasteiger partial charge on any atom is -0.504 e. The van der Waals surface area contributed by atoms with E-state index in [2.05, 4.69) is 0 Å². The first kappa shape index (κ1) is 21.2. The van der Waals surface area contributed by atoms with Crippen molar-refractivity contribution in [1.82, 2.24) is 0 Å². The van der Waals surface area contributed by atoms with Crippen molar-refractivity contribution in [2.24, 2.45) is 0 Å². The molecule has 0 heterocycles. The quantitative estimate of drug-likeness (QED) is 0.361. The fraction of sp³-hybridized carbons (Fsp3) is 0.250. The van der Waals surface area contributed by atoms with Crippen molar-refractivity contribution in [3.05, 3.63) is 59.2 Å². The van der Waals surface area contributed by atoms with E-state index in [4.69, 9.17) is 9.47 Å². The molecule has 0 unspecified atom stereocenters. The second-order valence-corrected chi connectivity index (χ2v) is 7.18. The summed E-state index contributed by atoms with van der Waals surface area (Å²) in [6.45, 7) is 5.81. The van der Waals surface area contributed by atoms with Gasteiger partial charge in [-0.1, -0.05) is 26.3 Å². The van der Waals surface area contributed by atoms with Crippen LogP contribution in [-0.4, -0.2) is 20.4 Å². The van der Waals surface area contributed by atoms with Crippen LogP contribution in [0.1, 0.15) is 37.0 Å². The molecule has 0 bridgehead atoms. The Morgan fingerprint density at radius 1 is 0.667 bits per heavy atom. The molecule has 0 atom stereocenters. The van der Waals surface area contributed by atoms with Gasteiger partial charge in [0.15, 0.2) is 34.5 Å². The van der Waals surface area contributed by atoms with E-state index in [1.807, 2.05) is 20.8 Å². The van der Waals surface area contributed by atoms with Crippen molar-refractivity contribution in [3.63, 3.8) is 0 Å². The van der Waals surface area contributed by atoms with E-state index in [9.17, 15) is 20.4 Å². The smallest absolute Gasteiger partial charge is 0.202 e. The monoisotopic (exact) mass is 410 g/mol. The molecule has 0 saturated heterocycles. The molecule has 0 aromatic heterocycles. The highest BCUT2D eigenvalue weighted by molar-refractivity contribution is 5.59. The number of benzene rings is 3. The summed E-state index contributed by atoms with van der Waals surface area (Å²) >= 11 is 0. The summed E-state index contributed by atoms with van der Waals surface area (Å²) in [7, 11) is 0. The largest absolute Gasteiger partial charge is 0.504 e. The predicted molar refractivity (Wildman–Crippen MR) is 114 cm³/mol. The van der Waals surface area contributed by atoms with E-state index in [1.54, 1.807) is 30.3 Å². The first-order valence-corrected chi connectivity index (χ1v) is 9.88. The lowest BCUT2D eigenvalue weighted by atomic mass is 10.1. The summed E-state index contributed by atoms with van der Waals surface area (Å²) in [5.74, 6) is -0.620. The zero-order valence-electron chi connectivity index (χ0n) is 17.3. The number of phenols is 4. The molecule has 0 aliphatic heterocycles. The van der Waals surface area contributed by atoms with Crippen molar-refractivity contribution in [1.29, 1.82) is 0 Å². The van der Waals surface area contributed by atoms with Gasteiger partial charge in [0.1, 0.15) is 0 Å². The predicted octanol–water partition coefficient (Wildman–Crippen LogP) is 5.92. The van der Waals surface area contributed by atoms with Gasteiger partial charge in [-0.3, -0.25) is 0 Å². The molecule has 0 saturated carbocycles. The van der Waals surface area contributed by atoms with Crippen LogP contribution in [-0.2, 0) is 12.8 Å². The summed E-state index contributed by atoms with van der Waals surface area (Å²) < 4.78 is 11.5. The standard InChI is InChI=1S/C24H26O6/c1-4-6-16-10-18(26)23(27)20(13-16)30-22-12-15(5-2)11-21(24(22)28)29-19-9-14(3)7-8-17(19)25/h7-13,25-28H,4-6H2,1-3H3. The van der Waals surface area contributed by atoms with Crippen LogP contribution in [0, 0.1) is 6.92 Å². The Morgan fingerprint density at radius 3 is 1.90 bits per heavy atom. The average Bonchev–Trinajstić information content (AvgIpc) is 2.71. The third-order valence-electron chi connectivity index (χ3n) is 4.72. The Morgan fingerprint density at radius 2 is 1.27 bits per heavy atom. The van der Waals surface area contributed by atoms with Crippen molar-refractivity contribution in [2.45, 2.75) is 40.0 Å². The first-order valence-electron chi connectivity index (χ1n) is 9.88. The van der Waals surface area contributed by atoms with Crippen molar-refractivity contribution in [3.8, 4) is 46.0 Å². The van der Waals surface area contributed by atoms with Crippen LogP contribution in [0.3, 0.4) is 0 Å². The third-order valence-corrected chi connectivity index (χ3v) is 4.72. The van der Waals surface area contributed by atoms with E-state index < -0.39 is 5.75 Å². The topological polar surface area (TPSA) is 99.4 Å². The van der Waals surface area contributed by atoms with E-state index >= 15 is 0 Å². The van der Waals surface area contributed by atoms with Gasteiger partial charge in [0.05, 0.1) is 0 Å². The Bertz CT molecular complexity index is 1060. The zero-order chi connectivity index (χ0) is 21.8. The van der Waals surface area contributed by atoms with Crippen molar-refractivity contribution in [2.75, 3.05) is 0 Å². The molecule has 0 spiro atoms. The molecule has 0 fully saturated rings. The SMILES string of the molecule is CCCc1cc(O)c(O)c(Oc2cc(CC)cc(Oc3cc(C)ccc3O)c2O)c1. The molecule has 0 aliphatic carbocycles. The maximum atomic E-state index is 10.7. The minimum atomic E-state index is -0.407. The number of aromatic hydroxyl groups is 4. The Labute approximate surface area is 175 Å². The number of ether oxygens (including phenoxy) is 2. The average molecular weight is 410 g/mol. The molecule has 0 radical (unpaired) electrons. The van der Waals surface area contributed by atoms with Gasteiger partial charge in [-0.2, -0.15) is 0 Å². The van der Waals surface area contributed by atoms with Crippen molar-refractivity contribution < 1.29 is 29.9 Å². The highest BCUT2D eigenvalue weighted by Gasteiger charge is 2.18. The van der Waals surface area contributed by atoms with Crippen LogP contribution in [0.2, 0.25) is 0 Å². The molecule has 0 amide bonds. The highest BCUT2D eigenvalue weighted by Crippen LogP contribution is 2.46. The number of aryl methyl sites for hydroxylation is 3. The van der Waals surface area contributed by atoms with Gasteiger partial charge in [0.2, 0.25) is 11.5 Å². The molecule has 3 rings (SSSR count). The fourth-order valence-corrected chi connectivity index (χ4v) is 3.10. The lowest BCUT2D eigenvalue weighted by Crippen LogP contribution is -1.94. The number of phenolic OH excluding ortho intramolecular Hbond substituents is 4. The second-order valence-electron chi connectivity index (χ2n) is 7.18. The van der Waals surface area contributed by atoms with Crippen LogP contribution in [0.4, 0.5) is 0 Å². The van der Waals surface area contributed by atoms with Crippen LogP contribution in [0.25, 0.3) is 0 Å². The van der Waals surface area contributed by atoms with Crippen molar-refractivity contribution >= 4 is 0 Å². The number of hydrogen-bond donors (Lipinski definition) is 4. The summed E-state index contributed by atoms with van der Waals surface area (Å²) in [5, 5.41) is 41.1. The summed E-state index contributed by atoms with van der Waals surface area (Å²) in [6, 6.07) is 11.3. The zero-order valence-corrected chi connectivity index (χ0v) is 17.3. The van der Waals surface area contributed by atoms with Gasteiger partial charge >= 0.3 is 0 Å². The summed E-state index contributed by atoms with van der Waals surface area (Å²) in [4.78, 5) is 0. The Hall–Kier alpha value is -3.54. The lowest BCUT2D eigenvalue weighted by molar-refractivity contribution is 0.348. The Balaban J connectivity index is 2.02. The van der Waals surface area contributed by atoms with Crippen LogP contribution >= 0.6 is 0 Å².